The number of hydrogen-bond donors (Lipinski definition) is 0. The van der Waals surface area contributed by atoms with Crippen LogP contribution in [-0.4, -0.2) is 14.5 Å². The predicted molar refractivity (Wildman–Crippen MR) is 96.0 cm³/mol. The normalized spacial score (nSPS) is 12.0. The molecule has 4 heteroatoms. The third-order valence-corrected chi connectivity index (χ3v) is 5.43. The van der Waals surface area contributed by atoms with E-state index in [1.54, 1.807) is 24.3 Å². The van der Waals surface area contributed by atoms with Crippen LogP contribution in [0.15, 0.2) is 35.2 Å². The van der Waals surface area contributed by atoms with Crippen molar-refractivity contribution in [3.8, 4) is 0 Å². The smallest absolute Gasteiger partial charge is 0.263 e. The van der Waals surface area contributed by atoms with Crippen LogP contribution in [-0.2, 0) is 14.3 Å². The second-order valence-corrected chi connectivity index (χ2v) is 7.76. The molecule has 0 fully saturated rings. The zero-order valence-corrected chi connectivity index (χ0v) is 15.5. The van der Waals surface area contributed by atoms with Gasteiger partial charge in [0.1, 0.15) is 0 Å². The highest BCUT2D eigenvalue weighted by molar-refractivity contribution is 7.86. The van der Waals surface area contributed by atoms with Crippen LogP contribution in [0.5, 0.6) is 0 Å². The highest BCUT2D eigenvalue weighted by Gasteiger charge is 2.21. The minimum Gasteiger partial charge on any atom is -0.263 e. The van der Waals surface area contributed by atoms with Gasteiger partial charge in [0.15, 0.2) is 0 Å². The van der Waals surface area contributed by atoms with Gasteiger partial charge in [-0.2, -0.15) is 8.42 Å². The summed E-state index contributed by atoms with van der Waals surface area (Å²) in [6, 6.07) is 8.47. The van der Waals surface area contributed by atoms with Crippen molar-refractivity contribution in [1.29, 1.82) is 0 Å². The van der Waals surface area contributed by atoms with Gasteiger partial charge < -0.3 is 0 Å². The first kappa shape index (κ1) is 20.2. The summed E-state index contributed by atoms with van der Waals surface area (Å²) in [5.41, 5.74) is 0. The van der Waals surface area contributed by atoms with Crippen molar-refractivity contribution in [2.75, 3.05) is 0 Å². The van der Waals surface area contributed by atoms with Crippen molar-refractivity contribution in [2.24, 2.45) is 0 Å². The summed E-state index contributed by atoms with van der Waals surface area (Å²) in [6.45, 7) is 4.36. The lowest BCUT2D eigenvalue weighted by Gasteiger charge is -2.17. The molecule has 0 aromatic heterocycles. The second kappa shape index (κ2) is 11.6. The van der Waals surface area contributed by atoms with Crippen molar-refractivity contribution >= 4 is 10.1 Å². The molecular weight excluding hydrogens is 308 g/mol. The molecule has 0 bridgehead atoms. The summed E-state index contributed by atoms with van der Waals surface area (Å²) in [5, 5.41) is 0. The third-order valence-electron chi connectivity index (χ3n) is 4.05. The molecule has 1 aromatic rings. The Bertz CT molecular complexity index is 485. The summed E-state index contributed by atoms with van der Waals surface area (Å²) < 4.78 is 30.4. The SMILES string of the molecule is CCCCCCC(CCCCCC)OS(=O)(=O)c1ccccc1. The molecule has 0 saturated carbocycles. The molecular formula is C19H32O3S. The summed E-state index contributed by atoms with van der Waals surface area (Å²) in [7, 11) is -3.64. The first-order valence-electron chi connectivity index (χ1n) is 9.08. The molecule has 0 aliphatic carbocycles. The first-order chi connectivity index (χ1) is 11.1. The van der Waals surface area contributed by atoms with Crippen LogP contribution < -0.4 is 0 Å². The van der Waals surface area contributed by atoms with Crippen molar-refractivity contribution in [1.82, 2.24) is 0 Å². The fraction of sp³-hybridized carbons (Fsp3) is 0.684. The van der Waals surface area contributed by atoms with Gasteiger partial charge in [0.2, 0.25) is 0 Å². The Labute approximate surface area is 142 Å². The van der Waals surface area contributed by atoms with Crippen LogP contribution in [0.2, 0.25) is 0 Å². The minimum absolute atomic E-state index is 0.186. The van der Waals surface area contributed by atoms with Gasteiger partial charge in [-0.15, -0.1) is 0 Å². The number of benzene rings is 1. The van der Waals surface area contributed by atoms with Crippen LogP contribution in [0.4, 0.5) is 0 Å². The van der Waals surface area contributed by atoms with E-state index in [0.29, 0.717) is 0 Å². The molecule has 0 spiro atoms. The molecule has 0 aliphatic rings. The average molecular weight is 341 g/mol. The van der Waals surface area contributed by atoms with Gasteiger partial charge in [0.05, 0.1) is 11.0 Å². The number of rotatable bonds is 13. The maximum Gasteiger partial charge on any atom is 0.297 e. The predicted octanol–water partition coefficient (Wildman–Crippen LogP) is 5.70. The van der Waals surface area contributed by atoms with Crippen molar-refractivity contribution in [3.05, 3.63) is 30.3 Å². The number of unbranched alkanes of at least 4 members (excludes halogenated alkanes) is 6. The lowest BCUT2D eigenvalue weighted by Crippen LogP contribution is -2.19. The van der Waals surface area contributed by atoms with E-state index in [4.69, 9.17) is 4.18 Å². The Morgan fingerprint density at radius 1 is 0.826 bits per heavy atom. The van der Waals surface area contributed by atoms with E-state index in [1.165, 1.54) is 25.7 Å². The molecule has 0 atom stereocenters. The highest BCUT2D eigenvalue weighted by atomic mass is 32.2. The molecule has 0 aliphatic heterocycles. The van der Waals surface area contributed by atoms with Crippen molar-refractivity contribution < 1.29 is 12.6 Å². The Kier molecular flexibility index (Phi) is 10.2. The Morgan fingerprint density at radius 3 is 1.83 bits per heavy atom. The van der Waals surface area contributed by atoms with Crippen molar-refractivity contribution in [3.63, 3.8) is 0 Å². The van der Waals surface area contributed by atoms with Gasteiger partial charge in [-0.1, -0.05) is 83.4 Å². The Morgan fingerprint density at radius 2 is 1.35 bits per heavy atom. The maximum absolute atomic E-state index is 12.4. The topological polar surface area (TPSA) is 43.4 Å². The van der Waals surface area contributed by atoms with Crippen LogP contribution in [0, 0.1) is 0 Å². The van der Waals surface area contributed by atoms with Gasteiger partial charge in [-0.25, -0.2) is 0 Å². The lowest BCUT2D eigenvalue weighted by atomic mass is 10.0. The fourth-order valence-corrected chi connectivity index (χ4v) is 3.81. The first-order valence-corrected chi connectivity index (χ1v) is 10.5. The molecule has 0 saturated heterocycles. The molecule has 0 heterocycles. The fourth-order valence-electron chi connectivity index (χ4n) is 2.66. The molecule has 23 heavy (non-hydrogen) atoms. The summed E-state index contributed by atoms with van der Waals surface area (Å²) in [6.07, 6.45) is 10.6. The van der Waals surface area contributed by atoms with Crippen LogP contribution in [0.1, 0.15) is 78.1 Å². The van der Waals surface area contributed by atoms with Gasteiger partial charge in [0, 0.05) is 0 Å². The zero-order chi connectivity index (χ0) is 17.0. The van der Waals surface area contributed by atoms with Gasteiger partial charge in [0.25, 0.3) is 10.1 Å². The monoisotopic (exact) mass is 340 g/mol. The lowest BCUT2D eigenvalue weighted by molar-refractivity contribution is 0.180. The van der Waals surface area contributed by atoms with E-state index < -0.39 is 10.1 Å². The molecule has 0 N–H and O–H groups in total. The highest BCUT2D eigenvalue weighted by Crippen LogP contribution is 2.21. The van der Waals surface area contributed by atoms with E-state index in [2.05, 4.69) is 13.8 Å². The number of hydrogen-bond acceptors (Lipinski definition) is 3. The van der Waals surface area contributed by atoms with Crippen LogP contribution >= 0.6 is 0 Å². The van der Waals surface area contributed by atoms with Gasteiger partial charge >= 0.3 is 0 Å². The summed E-state index contributed by atoms with van der Waals surface area (Å²) in [4.78, 5) is 0.257. The standard InChI is InChI=1S/C19H32O3S/c1-3-5-7-10-14-18(15-11-8-6-4-2)22-23(20,21)19-16-12-9-13-17-19/h9,12-13,16-18H,3-8,10-11,14-15H2,1-2H3. The van der Waals surface area contributed by atoms with E-state index in [-0.39, 0.29) is 11.0 Å². The molecule has 1 aromatic carbocycles. The van der Waals surface area contributed by atoms with Crippen LogP contribution in [0.25, 0.3) is 0 Å². The van der Waals surface area contributed by atoms with Crippen LogP contribution in [0.3, 0.4) is 0 Å². The zero-order valence-electron chi connectivity index (χ0n) is 14.7. The molecule has 3 nitrogen and oxygen atoms in total. The molecule has 1 rings (SSSR count). The third kappa shape index (κ3) is 8.52. The quantitative estimate of drug-likeness (QED) is 0.341. The van der Waals surface area contributed by atoms with E-state index in [1.807, 2.05) is 6.07 Å². The Hall–Kier alpha value is -0.870. The molecule has 0 radical (unpaired) electrons. The minimum atomic E-state index is -3.64. The van der Waals surface area contributed by atoms with E-state index in [0.717, 1.165) is 38.5 Å². The van der Waals surface area contributed by atoms with Gasteiger partial charge in [-0.05, 0) is 25.0 Å². The molecule has 132 valence electrons. The summed E-state index contributed by atoms with van der Waals surface area (Å²) in [5.74, 6) is 0. The molecule has 0 unspecified atom stereocenters. The molecule has 0 amide bonds. The second-order valence-electron chi connectivity index (χ2n) is 6.18. The maximum atomic E-state index is 12.4. The van der Waals surface area contributed by atoms with E-state index >= 15 is 0 Å². The van der Waals surface area contributed by atoms with Gasteiger partial charge in [-0.3, -0.25) is 4.18 Å². The Balaban J connectivity index is 2.59. The summed E-state index contributed by atoms with van der Waals surface area (Å²) >= 11 is 0. The average Bonchev–Trinajstić information content (AvgIpc) is 2.56. The van der Waals surface area contributed by atoms with Crippen molar-refractivity contribution in [2.45, 2.75) is 89.1 Å². The largest absolute Gasteiger partial charge is 0.297 e. The van der Waals surface area contributed by atoms with E-state index in [9.17, 15) is 8.42 Å².